The van der Waals surface area contributed by atoms with Gasteiger partial charge in [0, 0.05) is 37.7 Å². The number of hydrogen-bond donors (Lipinski definition) is 1. The van der Waals surface area contributed by atoms with Gasteiger partial charge in [-0.05, 0) is 49.3 Å². The van der Waals surface area contributed by atoms with Crippen LogP contribution in [0.25, 0.3) is 0 Å². The monoisotopic (exact) mass is 420 g/mol. The highest BCUT2D eigenvalue weighted by molar-refractivity contribution is 6.30. The van der Waals surface area contributed by atoms with Crippen LogP contribution in [0.15, 0.2) is 24.3 Å². The van der Waals surface area contributed by atoms with Crippen molar-refractivity contribution in [2.24, 2.45) is 5.92 Å². The van der Waals surface area contributed by atoms with Gasteiger partial charge in [0.2, 0.25) is 0 Å². The van der Waals surface area contributed by atoms with Crippen molar-refractivity contribution in [1.82, 2.24) is 20.2 Å². The van der Waals surface area contributed by atoms with Crippen LogP contribution in [-0.2, 0) is 16.1 Å². The first-order chi connectivity index (χ1) is 14.0. The standard InChI is InChI=1S/C20H25ClN4O4/c21-16-5-3-14(4-6-16)1-2-15-7-10-23(11-8-15)20(28)29-25-18(26)17-13-22-9-12-24(17)19(25)27/h3-6,15,17,22H,1-2,7-13H2. The smallest absolute Gasteiger partial charge is 0.312 e. The minimum atomic E-state index is -0.629. The Labute approximate surface area is 174 Å². The molecule has 4 amide bonds. The zero-order chi connectivity index (χ0) is 20.4. The number of amides is 4. The third-order valence-electron chi connectivity index (χ3n) is 5.94. The number of carbonyl (C=O) groups excluding carboxylic acids is 3. The number of rotatable bonds is 4. The van der Waals surface area contributed by atoms with Crippen LogP contribution in [0.3, 0.4) is 0 Å². The van der Waals surface area contributed by atoms with Gasteiger partial charge in [-0.1, -0.05) is 28.8 Å². The van der Waals surface area contributed by atoms with E-state index in [9.17, 15) is 14.4 Å². The zero-order valence-electron chi connectivity index (χ0n) is 16.2. The molecule has 0 bridgehead atoms. The fourth-order valence-corrected chi connectivity index (χ4v) is 4.27. The molecule has 0 radical (unpaired) electrons. The van der Waals surface area contributed by atoms with Gasteiger partial charge in [-0.2, -0.15) is 0 Å². The fourth-order valence-electron chi connectivity index (χ4n) is 4.15. The molecule has 0 aliphatic carbocycles. The van der Waals surface area contributed by atoms with E-state index in [-0.39, 0.29) is 0 Å². The molecule has 0 aromatic heterocycles. The highest BCUT2D eigenvalue weighted by atomic mass is 35.5. The van der Waals surface area contributed by atoms with Crippen molar-refractivity contribution in [3.05, 3.63) is 34.9 Å². The van der Waals surface area contributed by atoms with Crippen molar-refractivity contribution in [3.8, 4) is 0 Å². The highest BCUT2D eigenvalue weighted by Crippen LogP contribution is 2.25. The number of imide groups is 1. The molecule has 3 heterocycles. The topological polar surface area (TPSA) is 82.2 Å². The van der Waals surface area contributed by atoms with Crippen molar-refractivity contribution in [2.75, 3.05) is 32.7 Å². The van der Waals surface area contributed by atoms with Crippen LogP contribution in [0.1, 0.15) is 24.8 Å². The maximum atomic E-state index is 12.5. The predicted molar refractivity (Wildman–Crippen MR) is 106 cm³/mol. The summed E-state index contributed by atoms with van der Waals surface area (Å²) in [5, 5.41) is 4.45. The first-order valence-electron chi connectivity index (χ1n) is 10.1. The van der Waals surface area contributed by atoms with Crippen molar-refractivity contribution in [1.29, 1.82) is 0 Å². The molecule has 1 atom stereocenters. The highest BCUT2D eigenvalue weighted by Gasteiger charge is 2.49. The Morgan fingerprint density at radius 3 is 2.55 bits per heavy atom. The average Bonchev–Trinajstić information content (AvgIpc) is 2.99. The second-order valence-electron chi connectivity index (χ2n) is 7.78. The quantitative estimate of drug-likeness (QED) is 0.755. The number of benzene rings is 1. The van der Waals surface area contributed by atoms with Gasteiger partial charge < -0.3 is 20.0 Å². The van der Waals surface area contributed by atoms with Crippen molar-refractivity contribution in [3.63, 3.8) is 0 Å². The molecule has 3 saturated heterocycles. The lowest BCUT2D eigenvalue weighted by Gasteiger charge is -2.31. The van der Waals surface area contributed by atoms with Crippen molar-refractivity contribution in [2.45, 2.75) is 31.7 Å². The van der Waals surface area contributed by atoms with E-state index in [4.69, 9.17) is 16.4 Å². The number of urea groups is 1. The number of nitrogens with one attached hydrogen (secondary N) is 1. The number of likely N-dealkylation sites (tertiary alicyclic amines) is 1. The van der Waals surface area contributed by atoms with Gasteiger partial charge in [-0.3, -0.25) is 4.79 Å². The summed E-state index contributed by atoms with van der Waals surface area (Å²) in [6.07, 6.45) is 3.16. The number of carbonyl (C=O) groups is 3. The van der Waals surface area contributed by atoms with E-state index in [1.165, 1.54) is 10.5 Å². The van der Waals surface area contributed by atoms with Crippen LogP contribution in [0, 0.1) is 5.92 Å². The predicted octanol–water partition coefficient (Wildman–Crippen LogP) is 2.27. The first kappa shape index (κ1) is 20.0. The maximum absolute atomic E-state index is 12.5. The van der Waals surface area contributed by atoms with Gasteiger partial charge in [-0.25, -0.2) is 9.59 Å². The molecule has 3 aliphatic rings. The van der Waals surface area contributed by atoms with Crippen LogP contribution in [0.2, 0.25) is 5.02 Å². The van der Waals surface area contributed by atoms with E-state index < -0.39 is 24.1 Å². The molecule has 8 nitrogen and oxygen atoms in total. The van der Waals surface area contributed by atoms with Gasteiger partial charge in [-0.15, -0.1) is 0 Å². The van der Waals surface area contributed by atoms with Crippen LogP contribution < -0.4 is 5.32 Å². The lowest BCUT2D eigenvalue weighted by Crippen LogP contribution is -2.51. The summed E-state index contributed by atoms with van der Waals surface area (Å²) < 4.78 is 0. The molecule has 3 fully saturated rings. The first-order valence-corrected chi connectivity index (χ1v) is 10.5. The van der Waals surface area contributed by atoms with E-state index in [0.717, 1.165) is 30.7 Å². The number of halogens is 1. The van der Waals surface area contributed by atoms with Crippen molar-refractivity contribution < 1.29 is 19.2 Å². The summed E-state index contributed by atoms with van der Waals surface area (Å²) in [4.78, 5) is 45.4. The summed E-state index contributed by atoms with van der Waals surface area (Å²) in [7, 11) is 0. The Morgan fingerprint density at radius 2 is 1.86 bits per heavy atom. The Hall–Kier alpha value is -2.32. The Kier molecular flexibility index (Phi) is 5.91. The van der Waals surface area contributed by atoms with E-state index >= 15 is 0 Å². The Balaban J connectivity index is 1.24. The zero-order valence-corrected chi connectivity index (χ0v) is 16.9. The number of aryl methyl sites for hydroxylation is 1. The van der Waals surface area contributed by atoms with E-state index in [2.05, 4.69) is 5.32 Å². The van der Waals surface area contributed by atoms with E-state index in [0.29, 0.717) is 43.7 Å². The summed E-state index contributed by atoms with van der Waals surface area (Å²) in [5.74, 6) is 0.0539. The largest absolute Gasteiger partial charge is 0.434 e. The number of nitrogens with zero attached hydrogens (tertiary/aromatic N) is 3. The van der Waals surface area contributed by atoms with Gasteiger partial charge >= 0.3 is 12.1 Å². The third kappa shape index (κ3) is 4.33. The lowest BCUT2D eigenvalue weighted by atomic mass is 9.91. The van der Waals surface area contributed by atoms with Crippen LogP contribution >= 0.6 is 11.6 Å². The molecule has 9 heteroatoms. The molecular formula is C20H25ClN4O4. The molecule has 29 heavy (non-hydrogen) atoms. The normalized spacial score (nSPS) is 22.8. The average molecular weight is 421 g/mol. The number of hydrogen-bond acceptors (Lipinski definition) is 5. The molecule has 4 rings (SSSR count). The van der Waals surface area contributed by atoms with Gasteiger partial charge in [0.05, 0.1) is 0 Å². The number of piperazine rings is 1. The molecular weight excluding hydrogens is 396 g/mol. The fraction of sp³-hybridized carbons (Fsp3) is 0.550. The molecule has 0 saturated carbocycles. The van der Waals surface area contributed by atoms with Crippen LogP contribution in [0.5, 0.6) is 0 Å². The minimum Gasteiger partial charge on any atom is -0.312 e. The molecule has 3 aliphatic heterocycles. The Bertz CT molecular complexity index is 755. The third-order valence-corrected chi connectivity index (χ3v) is 6.20. The van der Waals surface area contributed by atoms with Crippen molar-refractivity contribution >= 4 is 29.6 Å². The second kappa shape index (κ2) is 8.59. The molecule has 1 aromatic carbocycles. The van der Waals surface area contributed by atoms with Gasteiger partial charge in [0.1, 0.15) is 6.04 Å². The van der Waals surface area contributed by atoms with Gasteiger partial charge in [0.25, 0.3) is 5.91 Å². The molecule has 1 N–H and O–H groups in total. The molecule has 0 spiro atoms. The van der Waals surface area contributed by atoms with Crippen LogP contribution in [-0.4, -0.2) is 71.7 Å². The molecule has 1 aromatic rings. The maximum Gasteiger partial charge on any atom is 0.434 e. The lowest BCUT2D eigenvalue weighted by molar-refractivity contribution is -0.152. The number of hydroxylamine groups is 2. The summed E-state index contributed by atoms with van der Waals surface area (Å²) in [5.41, 5.74) is 1.26. The Morgan fingerprint density at radius 1 is 1.14 bits per heavy atom. The number of piperidine rings is 1. The second-order valence-corrected chi connectivity index (χ2v) is 8.22. The van der Waals surface area contributed by atoms with E-state index in [1.54, 1.807) is 4.90 Å². The van der Waals surface area contributed by atoms with E-state index in [1.807, 2.05) is 24.3 Å². The number of fused-ring (bicyclic) bond motifs is 1. The minimum absolute atomic E-state index is 0.387. The summed E-state index contributed by atoms with van der Waals surface area (Å²) in [6.45, 7) is 2.57. The summed E-state index contributed by atoms with van der Waals surface area (Å²) in [6, 6.07) is 6.76. The van der Waals surface area contributed by atoms with Gasteiger partial charge in [0.15, 0.2) is 0 Å². The van der Waals surface area contributed by atoms with Crippen LogP contribution in [0.4, 0.5) is 9.59 Å². The SMILES string of the molecule is O=C(ON1C(=O)C2CNCCN2C1=O)N1CCC(CCc2ccc(Cl)cc2)CC1. The molecule has 156 valence electrons. The molecule has 1 unspecified atom stereocenters. The summed E-state index contributed by atoms with van der Waals surface area (Å²) >= 11 is 5.92.